The van der Waals surface area contributed by atoms with E-state index in [0.717, 1.165) is 24.5 Å². The van der Waals surface area contributed by atoms with Crippen LogP contribution in [0.15, 0.2) is 48.7 Å². The molecule has 1 atom stereocenters. The molecule has 0 aliphatic heterocycles. The first-order valence-electron chi connectivity index (χ1n) is 7.76. The van der Waals surface area contributed by atoms with Gasteiger partial charge in [-0.3, -0.25) is 4.79 Å². The topological polar surface area (TPSA) is 57.3 Å². The molecule has 1 aromatic heterocycles. The zero-order valence-electron chi connectivity index (χ0n) is 13.9. The Bertz CT molecular complexity index is 611. The number of amides is 1. The van der Waals surface area contributed by atoms with E-state index >= 15 is 0 Å². The van der Waals surface area contributed by atoms with Gasteiger partial charge in [-0.2, -0.15) is 0 Å². The third-order valence-corrected chi connectivity index (χ3v) is 3.54. The summed E-state index contributed by atoms with van der Waals surface area (Å²) >= 11 is 0. The SMILES string of the molecule is CC(NC(=O)c1ccc(NCCN(C)C)nc1)c1ccccc1. The first kappa shape index (κ1) is 17.0. The maximum atomic E-state index is 12.3. The lowest BCUT2D eigenvalue weighted by Crippen LogP contribution is -2.26. The van der Waals surface area contributed by atoms with E-state index in [1.54, 1.807) is 12.3 Å². The minimum Gasteiger partial charge on any atom is -0.369 e. The van der Waals surface area contributed by atoms with Gasteiger partial charge in [-0.25, -0.2) is 4.98 Å². The number of hydrogen-bond acceptors (Lipinski definition) is 4. The van der Waals surface area contributed by atoms with Crippen molar-refractivity contribution in [2.24, 2.45) is 0 Å². The predicted octanol–water partition coefficient (Wildman–Crippen LogP) is 2.55. The number of pyridine rings is 1. The highest BCUT2D eigenvalue weighted by Gasteiger charge is 2.11. The van der Waals surface area contributed by atoms with Gasteiger partial charge in [-0.15, -0.1) is 0 Å². The van der Waals surface area contributed by atoms with Crippen LogP contribution in [-0.2, 0) is 0 Å². The highest BCUT2D eigenvalue weighted by Crippen LogP contribution is 2.12. The number of hydrogen-bond donors (Lipinski definition) is 2. The molecule has 5 nitrogen and oxygen atoms in total. The van der Waals surface area contributed by atoms with Gasteiger partial charge < -0.3 is 15.5 Å². The summed E-state index contributed by atoms with van der Waals surface area (Å²) in [6.07, 6.45) is 1.60. The van der Waals surface area contributed by atoms with Crippen molar-refractivity contribution in [3.8, 4) is 0 Å². The monoisotopic (exact) mass is 312 g/mol. The summed E-state index contributed by atoms with van der Waals surface area (Å²) in [6.45, 7) is 3.72. The summed E-state index contributed by atoms with van der Waals surface area (Å²) < 4.78 is 0. The maximum Gasteiger partial charge on any atom is 0.253 e. The minimum atomic E-state index is -0.117. The van der Waals surface area contributed by atoms with E-state index in [-0.39, 0.29) is 11.9 Å². The molecular weight excluding hydrogens is 288 g/mol. The van der Waals surface area contributed by atoms with Crippen LogP contribution in [0, 0.1) is 0 Å². The molecule has 1 amide bonds. The van der Waals surface area contributed by atoms with Crippen LogP contribution in [0.5, 0.6) is 0 Å². The van der Waals surface area contributed by atoms with Crippen LogP contribution >= 0.6 is 0 Å². The summed E-state index contributed by atoms with van der Waals surface area (Å²) in [5.74, 6) is 0.660. The van der Waals surface area contributed by atoms with Crippen LogP contribution < -0.4 is 10.6 Å². The minimum absolute atomic E-state index is 0.0402. The van der Waals surface area contributed by atoms with Gasteiger partial charge in [0.15, 0.2) is 0 Å². The van der Waals surface area contributed by atoms with Gasteiger partial charge in [0.2, 0.25) is 0 Å². The fourth-order valence-corrected chi connectivity index (χ4v) is 2.15. The molecule has 0 saturated heterocycles. The van der Waals surface area contributed by atoms with Gasteiger partial charge in [-0.1, -0.05) is 30.3 Å². The Balaban J connectivity index is 1.90. The molecule has 0 spiro atoms. The van der Waals surface area contributed by atoms with Crippen molar-refractivity contribution in [2.45, 2.75) is 13.0 Å². The molecule has 2 N–H and O–H groups in total. The number of carbonyl (C=O) groups is 1. The molecule has 0 fully saturated rings. The standard InChI is InChI=1S/C18H24N4O/c1-14(15-7-5-4-6-8-15)21-18(23)16-9-10-17(20-13-16)19-11-12-22(2)3/h4-10,13-14H,11-12H2,1-3H3,(H,19,20)(H,21,23). The first-order valence-corrected chi connectivity index (χ1v) is 7.76. The normalized spacial score (nSPS) is 12.0. The molecule has 1 unspecified atom stereocenters. The Morgan fingerprint density at radius 1 is 1.17 bits per heavy atom. The lowest BCUT2D eigenvalue weighted by atomic mass is 10.1. The van der Waals surface area contributed by atoms with Crippen molar-refractivity contribution in [1.29, 1.82) is 0 Å². The average Bonchev–Trinajstić information content (AvgIpc) is 2.56. The smallest absolute Gasteiger partial charge is 0.253 e. The zero-order valence-corrected chi connectivity index (χ0v) is 13.9. The lowest BCUT2D eigenvalue weighted by molar-refractivity contribution is 0.0939. The second-order valence-corrected chi connectivity index (χ2v) is 5.77. The predicted molar refractivity (Wildman–Crippen MR) is 93.6 cm³/mol. The Morgan fingerprint density at radius 2 is 1.91 bits per heavy atom. The van der Waals surface area contributed by atoms with Crippen LogP contribution in [0.4, 0.5) is 5.82 Å². The van der Waals surface area contributed by atoms with E-state index in [1.165, 1.54) is 0 Å². The Morgan fingerprint density at radius 3 is 2.52 bits per heavy atom. The second kappa shape index (κ2) is 8.29. The van der Waals surface area contributed by atoms with E-state index in [1.807, 2.05) is 57.4 Å². The van der Waals surface area contributed by atoms with Crippen molar-refractivity contribution < 1.29 is 4.79 Å². The Labute approximate surface area is 137 Å². The molecule has 1 heterocycles. The highest BCUT2D eigenvalue weighted by molar-refractivity contribution is 5.94. The van der Waals surface area contributed by atoms with Crippen LogP contribution in [-0.4, -0.2) is 43.0 Å². The van der Waals surface area contributed by atoms with Crippen LogP contribution in [0.25, 0.3) is 0 Å². The maximum absolute atomic E-state index is 12.3. The molecular formula is C18H24N4O. The summed E-state index contributed by atoms with van der Waals surface area (Å²) in [4.78, 5) is 18.6. The van der Waals surface area contributed by atoms with Crippen LogP contribution in [0.2, 0.25) is 0 Å². The van der Waals surface area contributed by atoms with E-state index in [0.29, 0.717) is 5.56 Å². The number of likely N-dealkylation sites (N-methyl/N-ethyl adjacent to an activating group) is 1. The van der Waals surface area contributed by atoms with Crippen LogP contribution in [0.1, 0.15) is 28.9 Å². The fraction of sp³-hybridized carbons (Fsp3) is 0.333. The molecule has 0 radical (unpaired) electrons. The number of carbonyl (C=O) groups excluding carboxylic acids is 1. The van der Waals surface area contributed by atoms with Gasteiger partial charge in [-0.05, 0) is 38.7 Å². The average molecular weight is 312 g/mol. The Kier molecular flexibility index (Phi) is 6.11. The number of benzene rings is 1. The zero-order chi connectivity index (χ0) is 16.7. The van der Waals surface area contributed by atoms with Gasteiger partial charge in [0.25, 0.3) is 5.91 Å². The third-order valence-electron chi connectivity index (χ3n) is 3.54. The largest absolute Gasteiger partial charge is 0.369 e. The van der Waals surface area contributed by atoms with E-state index in [4.69, 9.17) is 0 Å². The molecule has 0 saturated carbocycles. The molecule has 23 heavy (non-hydrogen) atoms. The molecule has 1 aromatic carbocycles. The van der Waals surface area contributed by atoms with Crippen molar-refractivity contribution >= 4 is 11.7 Å². The fourth-order valence-electron chi connectivity index (χ4n) is 2.15. The molecule has 5 heteroatoms. The molecule has 0 aliphatic rings. The first-order chi connectivity index (χ1) is 11.1. The quantitative estimate of drug-likeness (QED) is 0.825. The number of rotatable bonds is 7. The van der Waals surface area contributed by atoms with E-state index in [9.17, 15) is 4.79 Å². The van der Waals surface area contributed by atoms with Crippen molar-refractivity contribution in [1.82, 2.24) is 15.2 Å². The summed E-state index contributed by atoms with van der Waals surface area (Å²) in [7, 11) is 4.05. The Hall–Kier alpha value is -2.40. The van der Waals surface area contributed by atoms with Gasteiger partial charge in [0.1, 0.15) is 5.82 Å². The van der Waals surface area contributed by atoms with Crippen molar-refractivity contribution in [2.75, 3.05) is 32.5 Å². The molecule has 0 bridgehead atoms. The molecule has 0 aliphatic carbocycles. The van der Waals surface area contributed by atoms with Crippen molar-refractivity contribution in [3.63, 3.8) is 0 Å². The number of anilines is 1. The molecule has 2 rings (SSSR count). The summed E-state index contributed by atoms with van der Waals surface area (Å²) in [5.41, 5.74) is 1.64. The molecule has 122 valence electrons. The third kappa shape index (κ3) is 5.38. The van der Waals surface area contributed by atoms with Crippen molar-refractivity contribution in [3.05, 3.63) is 59.8 Å². The van der Waals surface area contributed by atoms with E-state index in [2.05, 4.69) is 20.5 Å². The number of aromatic nitrogens is 1. The van der Waals surface area contributed by atoms with Gasteiger partial charge in [0.05, 0.1) is 11.6 Å². The number of nitrogens with zero attached hydrogens (tertiary/aromatic N) is 2. The van der Waals surface area contributed by atoms with Gasteiger partial charge >= 0.3 is 0 Å². The summed E-state index contributed by atoms with van der Waals surface area (Å²) in [5, 5.41) is 6.21. The highest BCUT2D eigenvalue weighted by atomic mass is 16.1. The number of nitrogens with one attached hydrogen (secondary N) is 2. The molecule has 2 aromatic rings. The van der Waals surface area contributed by atoms with Crippen LogP contribution in [0.3, 0.4) is 0 Å². The second-order valence-electron chi connectivity index (χ2n) is 5.77. The van der Waals surface area contributed by atoms with Gasteiger partial charge in [0, 0.05) is 19.3 Å². The van der Waals surface area contributed by atoms with E-state index < -0.39 is 0 Å². The lowest BCUT2D eigenvalue weighted by Gasteiger charge is -2.14. The summed E-state index contributed by atoms with van der Waals surface area (Å²) in [6, 6.07) is 13.5.